The highest BCUT2D eigenvalue weighted by Gasteiger charge is 2.12. The van der Waals surface area contributed by atoms with E-state index in [1.807, 2.05) is 6.07 Å². The third-order valence-corrected chi connectivity index (χ3v) is 4.88. The van der Waals surface area contributed by atoms with Crippen molar-refractivity contribution in [2.45, 2.75) is 11.1 Å². The highest BCUT2D eigenvalue weighted by molar-refractivity contribution is 7.89. The molecule has 0 bridgehead atoms. The summed E-state index contributed by atoms with van der Waals surface area (Å²) < 4.78 is 22.7. The van der Waals surface area contributed by atoms with Gasteiger partial charge in [-0.05, 0) is 36.4 Å². The van der Waals surface area contributed by atoms with Crippen LogP contribution in [0.2, 0.25) is 0 Å². The first-order chi connectivity index (χ1) is 14.3. The number of sulfonamides is 1. The zero-order valence-corrected chi connectivity index (χ0v) is 16.3. The summed E-state index contributed by atoms with van der Waals surface area (Å²) in [7, 11) is -3.80. The summed E-state index contributed by atoms with van der Waals surface area (Å²) in [5.74, 6) is -1.11. The molecule has 0 aliphatic carbocycles. The molecule has 30 heavy (non-hydrogen) atoms. The number of hydrogen-bond donors (Lipinski definition) is 2. The molecule has 0 aliphatic rings. The maximum absolute atomic E-state index is 11.3. The molecule has 152 valence electrons. The van der Waals surface area contributed by atoms with Gasteiger partial charge in [0.15, 0.2) is 0 Å². The predicted molar refractivity (Wildman–Crippen MR) is 109 cm³/mol. The Balaban J connectivity index is 1.91. The van der Waals surface area contributed by atoms with Crippen LogP contribution < -0.4 is 5.14 Å². The molecule has 3 aromatic carbocycles. The third-order valence-electron chi connectivity index (χ3n) is 3.95. The number of primary sulfonamides is 1. The number of azo groups is 2. The van der Waals surface area contributed by atoms with Crippen LogP contribution in [0.3, 0.4) is 0 Å². The monoisotopic (exact) mass is 423 g/mol. The van der Waals surface area contributed by atoms with Crippen LogP contribution in [0.15, 0.2) is 104 Å². The number of hydrogen-bond acceptors (Lipinski definition) is 7. The average Bonchev–Trinajstić information content (AvgIpc) is 2.74. The minimum absolute atomic E-state index is 0.0172. The molecule has 9 nitrogen and oxygen atoms in total. The van der Waals surface area contributed by atoms with E-state index in [2.05, 4.69) is 20.5 Å². The van der Waals surface area contributed by atoms with Crippen LogP contribution in [-0.4, -0.2) is 19.5 Å². The van der Waals surface area contributed by atoms with Crippen molar-refractivity contribution in [3.63, 3.8) is 0 Å². The molecular formula is C20H17N5O4S. The van der Waals surface area contributed by atoms with Crippen LogP contribution in [0.4, 0.5) is 11.4 Å². The average molecular weight is 423 g/mol. The molecular weight excluding hydrogens is 406 g/mol. The second-order valence-corrected chi connectivity index (χ2v) is 7.64. The summed E-state index contributed by atoms with van der Waals surface area (Å²) >= 11 is 0. The number of benzene rings is 3. The van der Waals surface area contributed by atoms with Crippen LogP contribution >= 0.6 is 0 Å². The molecule has 1 atom stereocenters. The summed E-state index contributed by atoms with van der Waals surface area (Å²) in [4.78, 5) is 11.3. The van der Waals surface area contributed by atoms with Gasteiger partial charge >= 0.3 is 5.97 Å². The fourth-order valence-electron chi connectivity index (χ4n) is 2.46. The fraction of sp³-hybridized carbons (Fsp3) is 0.0500. The van der Waals surface area contributed by atoms with E-state index >= 15 is 0 Å². The van der Waals surface area contributed by atoms with Gasteiger partial charge < -0.3 is 5.11 Å². The molecule has 0 saturated carbocycles. The van der Waals surface area contributed by atoms with E-state index < -0.39 is 22.2 Å². The summed E-state index contributed by atoms with van der Waals surface area (Å²) in [6.07, 6.45) is -0.828. The maximum atomic E-state index is 11.3. The molecule has 10 heteroatoms. The molecule has 3 rings (SSSR count). The molecule has 0 saturated heterocycles. The Hall–Kier alpha value is -3.76. The number of carbonyl (C=O) groups is 1. The lowest BCUT2D eigenvalue weighted by molar-refractivity contribution is 0.0697. The van der Waals surface area contributed by atoms with E-state index in [9.17, 15) is 18.3 Å². The van der Waals surface area contributed by atoms with Gasteiger partial charge in [0, 0.05) is 5.56 Å². The lowest BCUT2D eigenvalue weighted by Gasteiger charge is -2.06. The summed E-state index contributed by atoms with van der Waals surface area (Å²) in [6, 6.07) is 20.8. The molecule has 3 aromatic rings. The molecule has 0 amide bonds. The zero-order chi connectivity index (χ0) is 21.6. The number of nitrogens with two attached hydrogens (primary N) is 1. The van der Waals surface area contributed by atoms with Gasteiger partial charge in [-0.3, -0.25) is 0 Å². The first-order valence-corrected chi connectivity index (χ1v) is 10.2. The van der Waals surface area contributed by atoms with Gasteiger partial charge in [0.2, 0.25) is 16.2 Å². The number of aromatic carboxylic acids is 1. The number of carboxylic acid groups (broad SMARTS) is 1. The minimum Gasteiger partial charge on any atom is -0.478 e. The molecule has 1 unspecified atom stereocenters. The molecule has 0 radical (unpaired) electrons. The van der Waals surface area contributed by atoms with Gasteiger partial charge in [-0.15, -0.1) is 0 Å². The third kappa shape index (κ3) is 5.40. The molecule has 0 spiro atoms. The second-order valence-electron chi connectivity index (χ2n) is 6.08. The van der Waals surface area contributed by atoms with Crippen LogP contribution in [-0.2, 0) is 10.0 Å². The smallest absolute Gasteiger partial charge is 0.337 e. The van der Waals surface area contributed by atoms with Gasteiger partial charge in [0.25, 0.3) is 0 Å². The molecule has 0 heterocycles. The Morgan fingerprint density at radius 3 is 2.07 bits per heavy atom. The summed E-state index contributed by atoms with van der Waals surface area (Å²) in [5, 5.41) is 30.9. The maximum Gasteiger partial charge on any atom is 0.337 e. The highest BCUT2D eigenvalue weighted by atomic mass is 32.2. The molecule has 0 fully saturated rings. The Morgan fingerprint density at radius 2 is 1.43 bits per heavy atom. The van der Waals surface area contributed by atoms with Crippen molar-refractivity contribution in [2.24, 2.45) is 25.6 Å². The van der Waals surface area contributed by atoms with E-state index in [-0.39, 0.29) is 16.1 Å². The Labute approximate surface area is 172 Å². The normalized spacial score (nSPS) is 13.0. The lowest BCUT2D eigenvalue weighted by Crippen LogP contribution is -2.11. The molecule has 3 N–H and O–H groups in total. The van der Waals surface area contributed by atoms with E-state index in [0.717, 1.165) is 0 Å². The van der Waals surface area contributed by atoms with Crippen molar-refractivity contribution in [3.05, 3.63) is 90.0 Å². The number of rotatable bonds is 7. The zero-order valence-electron chi connectivity index (χ0n) is 15.5. The topological polar surface area (TPSA) is 147 Å². The van der Waals surface area contributed by atoms with Crippen molar-refractivity contribution < 1.29 is 18.3 Å². The van der Waals surface area contributed by atoms with E-state index in [1.165, 1.54) is 36.4 Å². The van der Waals surface area contributed by atoms with Gasteiger partial charge in [0.1, 0.15) is 0 Å². The molecule has 0 aliphatic heterocycles. The van der Waals surface area contributed by atoms with Crippen molar-refractivity contribution >= 4 is 27.4 Å². The van der Waals surface area contributed by atoms with Crippen molar-refractivity contribution in [1.29, 1.82) is 0 Å². The molecule has 0 aromatic heterocycles. The quantitative estimate of drug-likeness (QED) is 0.534. The van der Waals surface area contributed by atoms with Crippen LogP contribution in [0.5, 0.6) is 0 Å². The van der Waals surface area contributed by atoms with E-state index in [4.69, 9.17) is 5.14 Å². The van der Waals surface area contributed by atoms with Crippen LogP contribution in [0, 0.1) is 0 Å². The van der Waals surface area contributed by atoms with Gasteiger partial charge in [-0.1, -0.05) is 42.5 Å². The number of carboxylic acids is 1. The van der Waals surface area contributed by atoms with E-state index in [0.29, 0.717) is 11.3 Å². The fourth-order valence-corrected chi connectivity index (χ4v) is 2.98. The largest absolute Gasteiger partial charge is 0.478 e. The van der Waals surface area contributed by atoms with Gasteiger partial charge in [0.05, 0.1) is 21.8 Å². The van der Waals surface area contributed by atoms with Crippen molar-refractivity contribution in [3.8, 4) is 0 Å². The predicted octanol–water partition coefficient (Wildman–Crippen LogP) is 4.60. The summed E-state index contributed by atoms with van der Waals surface area (Å²) in [6.45, 7) is 0. The first kappa shape index (κ1) is 21.0. The van der Waals surface area contributed by atoms with Crippen LogP contribution in [0.25, 0.3) is 0 Å². The lowest BCUT2D eigenvalue weighted by atomic mass is 10.2. The number of nitrogens with zero attached hydrogens (tertiary/aromatic N) is 4. The van der Waals surface area contributed by atoms with Gasteiger partial charge in [-0.2, -0.15) is 20.5 Å². The SMILES string of the molecule is NS(=O)(=O)c1ccc(N=NC(N=Nc2ccccc2C(=O)O)c2ccccc2)cc1. The second kappa shape index (κ2) is 9.16. The Kier molecular flexibility index (Phi) is 6.40. The van der Waals surface area contributed by atoms with Crippen LogP contribution in [0.1, 0.15) is 22.1 Å². The van der Waals surface area contributed by atoms with Gasteiger partial charge in [-0.25, -0.2) is 18.4 Å². The Bertz CT molecular complexity index is 1190. The minimum atomic E-state index is -3.80. The van der Waals surface area contributed by atoms with Crippen molar-refractivity contribution in [1.82, 2.24) is 0 Å². The first-order valence-electron chi connectivity index (χ1n) is 8.66. The standard InChI is InChI=1S/C20H17N5O4S/c21-30(28,29)16-12-10-15(11-13-16)22-24-19(14-6-2-1-3-7-14)25-23-18-9-5-4-8-17(18)20(26)27/h1-13,19H,(H,26,27)(H2,21,28,29). The van der Waals surface area contributed by atoms with E-state index in [1.54, 1.807) is 36.4 Å². The van der Waals surface area contributed by atoms with Crippen molar-refractivity contribution in [2.75, 3.05) is 0 Å². The highest BCUT2D eigenvalue weighted by Crippen LogP contribution is 2.26. The summed E-state index contributed by atoms with van der Waals surface area (Å²) in [5.41, 5.74) is 1.30. The Morgan fingerprint density at radius 1 is 0.833 bits per heavy atom.